The van der Waals surface area contributed by atoms with Crippen molar-refractivity contribution in [2.24, 2.45) is 0 Å². The molecule has 0 unspecified atom stereocenters. The van der Waals surface area contributed by atoms with Crippen LogP contribution in [0.1, 0.15) is 5.82 Å². The monoisotopic (exact) mass is 266 g/mol. The third kappa shape index (κ3) is 1.90. The van der Waals surface area contributed by atoms with Crippen molar-refractivity contribution in [2.75, 3.05) is 7.11 Å². The third-order valence-corrected chi connectivity index (χ3v) is 2.72. The zero-order valence-corrected chi connectivity index (χ0v) is 10.2. The fourth-order valence-corrected chi connectivity index (χ4v) is 1.82. The highest BCUT2D eigenvalue weighted by atomic mass is 79.9. The first kappa shape index (κ1) is 10.2. The number of halogens is 1. The van der Waals surface area contributed by atoms with Crippen LogP contribution in [0.4, 0.5) is 0 Å². The lowest BCUT2D eigenvalue weighted by atomic mass is 10.3. The largest absolute Gasteiger partial charge is 0.495 e. The van der Waals surface area contributed by atoms with E-state index >= 15 is 0 Å². The summed E-state index contributed by atoms with van der Waals surface area (Å²) in [5.41, 5.74) is 0.996. The van der Waals surface area contributed by atoms with Crippen LogP contribution in [0.3, 0.4) is 0 Å². The lowest BCUT2D eigenvalue weighted by Crippen LogP contribution is -1.98. The van der Waals surface area contributed by atoms with Gasteiger partial charge < -0.3 is 9.30 Å². The van der Waals surface area contributed by atoms with Crippen LogP contribution in [-0.4, -0.2) is 16.7 Å². The minimum Gasteiger partial charge on any atom is -0.495 e. The van der Waals surface area contributed by atoms with Gasteiger partial charge in [0.15, 0.2) is 0 Å². The van der Waals surface area contributed by atoms with Gasteiger partial charge in [-0.05, 0) is 25.1 Å². The Labute approximate surface area is 96.8 Å². The SMILES string of the molecule is COc1cc(Br)ccc1-n1ccnc1C. The molecule has 0 bridgehead atoms. The molecule has 0 atom stereocenters. The fourth-order valence-electron chi connectivity index (χ4n) is 1.48. The third-order valence-electron chi connectivity index (χ3n) is 2.23. The van der Waals surface area contributed by atoms with Gasteiger partial charge in [-0.25, -0.2) is 4.98 Å². The van der Waals surface area contributed by atoms with Gasteiger partial charge in [-0.1, -0.05) is 15.9 Å². The minimum absolute atomic E-state index is 0.825. The predicted molar refractivity (Wildman–Crippen MR) is 62.6 cm³/mol. The van der Waals surface area contributed by atoms with E-state index in [0.29, 0.717) is 0 Å². The molecule has 0 spiro atoms. The first-order valence-corrected chi connectivity index (χ1v) is 5.35. The number of methoxy groups -OCH3 is 1. The molecule has 1 aromatic heterocycles. The van der Waals surface area contributed by atoms with E-state index in [4.69, 9.17) is 4.74 Å². The van der Waals surface area contributed by atoms with Gasteiger partial charge >= 0.3 is 0 Å². The quantitative estimate of drug-likeness (QED) is 0.836. The lowest BCUT2D eigenvalue weighted by molar-refractivity contribution is 0.412. The van der Waals surface area contributed by atoms with Crippen molar-refractivity contribution in [1.29, 1.82) is 0 Å². The van der Waals surface area contributed by atoms with Gasteiger partial charge in [0.1, 0.15) is 11.6 Å². The molecular formula is C11H11BrN2O. The molecule has 78 valence electrons. The Morgan fingerprint density at radius 1 is 1.40 bits per heavy atom. The molecule has 2 aromatic rings. The Morgan fingerprint density at radius 2 is 2.20 bits per heavy atom. The van der Waals surface area contributed by atoms with Crippen molar-refractivity contribution in [3.63, 3.8) is 0 Å². The van der Waals surface area contributed by atoms with E-state index in [1.54, 1.807) is 13.3 Å². The first-order valence-electron chi connectivity index (χ1n) is 4.56. The summed E-state index contributed by atoms with van der Waals surface area (Å²) in [6, 6.07) is 5.92. The van der Waals surface area contributed by atoms with Crippen LogP contribution < -0.4 is 4.74 Å². The summed E-state index contributed by atoms with van der Waals surface area (Å²) in [6.07, 6.45) is 3.69. The van der Waals surface area contributed by atoms with Crippen molar-refractivity contribution in [3.05, 3.63) is 40.9 Å². The number of hydrogen-bond donors (Lipinski definition) is 0. The zero-order chi connectivity index (χ0) is 10.8. The molecule has 0 saturated heterocycles. The average Bonchev–Trinajstić information content (AvgIpc) is 2.64. The molecule has 0 amide bonds. The van der Waals surface area contributed by atoms with E-state index in [-0.39, 0.29) is 0 Å². The van der Waals surface area contributed by atoms with E-state index in [0.717, 1.165) is 21.7 Å². The maximum Gasteiger partial charge on any atom is 0.144 e. The number of hydrogen-bond acceptors (Lipinski definition) is 2. The van der Waals surface area contributed by atoms with E-state index < -0.39 is 0 Å². The van der Waals surface area contributed by atoms with Gasteiger partial charge in [-0.15, -0.1) is 0 Å². The molecule has 0 N–H and O–H groups in total. The second kappa shape index (κ2) is 4.06. The van der Waals surface area contributed by atoms with Crippen molar-refractivity contribution in [2.45, 2.75) is 6.92 Å². The number of imidazole rings is 1. The molecule has 2 rings (SSSR count). The fraction of sp³-hybridized carbons (Fsp3) is 0.182. The summed E-state index contributed by atoms with van der Waals surface area (Å²) in [6.45, 7) is 1.96. The number of rotatable bonds is 2. The van der Waals surface area contributed by atoms with Gasteiger partial charge in [0.25, 0.3) is 0 Å². The van der Waals surface area contributed by atoms with Gasteiger partial charge in [-0.3, -0.25) is 0 Å². The number of benzene rings is 1. The van der Waals surface area contributed by atoms with E-state index in [9.17, 15) is 0 Å². The smallest absolute Gasteiger partial charge is 0.144 e. The second-order valence-corrected chi connectivity index (χ2v) is 4.08. The summed E-state index contributed by atoms with van der Waals surface area (Å²) in [5, 5.41) is 0. The van der Waals surface area contributed by atoms with Gasteiger partial charge in [-0.2, -0.15) is 0 Å². The van der Waals surface area contributed by atoms with Crippen LogP contribution in [-0.2, 0) is 0 Å². The zero-order valence-electron chi connectivity index (χ0n) is 8.57. The molecule has 1 aromatic carbocycles. The van der Waals surface area contributed by atoms with Crippen LogP contribution in [0.2, 0.25) is 0 Å². The lowest BCUT2D eigenvalue weighted by Gasteiger charge is -2.10. The number of ether oxygens (including phenoxy) is 1. The van der Waals surface area contributed by atoms with E-state index in [1.165, 1.54) is 0 Å². The van der Waals surface area contributed by atoms with Crippen molar-refractivity contribution in [1.82, 2.24) is 9.55 Å². The Kier molecular flexibility index (Phi) is 2.77. The summed E-state index contributed by atoms with van der Waals surface area (Å²) in [4.78, 5) is 4.19. The molecule has 0 radical (unpaired) electrons. The Balaban J connectivity index is 2.58. The topological polar surface area (TPSA) is 27.1 Å². The van der Waals surface area contributed by atoms with Crippen LogP contribution in [0.15, 0.2) is 35.1 Å². The molecule has 4 heteroatoms. The van der Waals surface area contributed by atoms with Crippen molar-refractivity contribution in [3.8, 4) is 11.4 Å². The molecule has 0 aliphatic carbocycles. The van der Waals surface area contributed by atoms with E-state index in [2.05, 4.69) is 20.9 Å². The summed E-state index contributed by atoms with van der Waals surface area (Å²) >= 11 is 3.41. The van der Waals surface area contributed by atoms with E-state index in [1.807, 2.05) is 35.9 Å². The number of nitrogens with zero attached hydrogens (tertiary/aromatic N) is 2. The molecule has 0 aliphatic heterocycles. The van der Waals surface area contributed by atoms with Crippen molar-refractivity contribution >= 4 is 15.9 Å². The molecule has 1 heterocycles. The maximum absolute atomic E-state index is 5.33. The van der Waals surface area contributed by atoms with Gasteiger partial charge in [0.05, 0.1) is 12.8 Å². The van der Waals surface area contributed by atoms with Crippen LogP contribution in [0.5, 0.6) is 5.75 Å². The second-order valence-electron chi connectivity index (χ2n) is 3.16. The highest BCUT2D eigenvalue weighted by molar-refractivity contribution is 9.10. The molecule has 0 fully saturated rings. The maximum atomic E-state index is 5.33. The highest BCUT2D eigenvalue weighted by Crippen LogP contribution is 2.27. The Bertz CT molecular complexity index is 479. The molecule has 15 heavy (non-hydrogen) atoms. The molecular weight excluding hydrogens is 256 g/mol. The number of aryl methyl sites for hydroxylation is 1. The summed E-state index contributed by atoms with van der Waals surface area (Å²) in [7, 11) is 1.66. The standard InChI is InChI=1S/C11H11BrN2O/c1-8-13-5-6-14(8)10-4-3-9(12)7-11(10)15-2/h3-7H,1-2H3. The van der Waals surface area contributed by atoms with Gasteiger partial charge in [0.2, 0.25) is 0 Å². The molecule has 0 aliphatic rings. The van der Waals surface area contributed by atoms with Crippen molar-refractivity contribution < 1.29 is 4.74 Å². The molecule has 3 nitrogen and oxygen atoms in total. The average molecular weight is 267 g/mol. The number of aromatic nitrogens is 2. The predicted octanol–water partition coefficient (Wildman–Crippen LogP) is 2.95. The molecule has 0 saturated carbocycles. The van der Waals surface area contributed by atoms with Crippen LogP contribution in [0, 0.1) is 6.92 Å². The normalized spacial score (nSPS) is 10.3. The van der Waals surface area contributed by atoms with Crippen LogP contribution >= 0.6 is 15.9 Å². The minimum atomic E-state index is 0.825. The van der Waals surface area contributed by atoms with Gasteiger partial charge in [0, 0.05) is 16.9 Å². The summed E-state index contributed by atoms with van der Waals surface area (Å²) in [5.74, 6) is 1.76. The first-order chi connectivity index (χ1) is 7.22. The highest BCUT2D eigenvalue weighted by Gasteiger charge is 2.07. The van der Waals surface area contributed by atoms with Crippen LogP contribution in [0.25, 0.3) is 5.69 Å². The Hall–Kier alpha value is -1.29. The Morgan fingerprint density at radius 3 is 2.80 bits per heavy atom. The summed E-state index contributed by atoms with van der Waals surface area (Å²) < 4.78 is 8.32.